The largest absolute Gasteiger partial charge is 0.334 e. The van der Waals surface area contributed by atoms with E-state index in [0.29, 0.717) is 13.1 Å². The number of amides is 1. The number of hydrogen-bond acceptors (Lipinski definition) is 1. The Kier molecular flexibility index (Phi) is 5.79. The quantitative estimate of drug-likeness (QED) is 0.286. The normalized spacial score (nSPS) is 11.7. The van der Waals surface area contributed by atoms with Gasteiger partial charge in [0.15, 0.2) is 0 Å². The average molecular weight is 438 g/mol. The van der Waals surface area contributed by atoms with Crippen molar-refractivity contribution in [1.82, 2.24) is 4.90 Å². The van der Waals surface area contributed by atoms with E-state index < -0.39 is 0 Å². The summed E-state index contributed by atoms with van der Waals surface area (Å²) in [5, 5.41) is 0.726. The van der Waals surface area contributed by atoms with E-state index in [-0.39, 0.29) is 5.91 Å². The molecule has 1 aliphatic rings. The van der Waals surface area contributed by atoms with Gasteiger partial charge in [0.1, 0.15) is 0 Å². The van der Waals surface area contributed by atoms with Crippen molar-refractivity contribution in [3.8, 4) is 11.1 Å². The molecule has 0 unspecified atom stereocenters. The third-order valence-electron chi connectivity index (χ3n) is 6.14. The summed E-state index contributed by atoms with van der Waals surface area (Å²) in [4.78, 5) is 15.9. The van der Waals surface area contributed by atoms with E-state index in [0.717, 1.165) is 34.6 Å². The van der Waals surface area contributed by atoms with E-state index in [1.807, 2.05) is 59.5 Å². The van der Waals surface area contributed by atoms with Gasteiger partial charge in [-0.15, -0.1) is 0 Å². The van der Waals surface area contributed by atoms with Crippen molar-refractivity contribution in [2.75, 3.05) is 6.54 Å². The first-order valence-electron chi connectivity index (χ1n) is 11.0. The van der Waals surface area contributed by atoms with Crippen molar-refractivity contribution in [2.45, 2.75) is 19.4 Å². The highest BCUT2D eigenvalue weighted by Gasteiger charge is 2.26. The molecule has 0 radical (unpaired) electrons. The number of carbonyl (C=O) groups excluding carboxylic acids is 1. The molecule has 0 heterocycles. The molecule has 4 aromatic rings. The molecular weight excluding hydrogens is 414 g/mol. The van der Waals surface area contributed by atoms with Crippen LogP contribution in [0.1, 0.15) is 32.6 Å². The summed E-state index contributed by atoms with van der Waals surface area (Å²) in [6.45, 7) is 1.22. The van der Waals surface area contributed by atoms with Crippen molar-refractivity contribution in [3.05, 3.63) is 130 Å². The van der Waals surface area contributed by atoms with Crippen LogP contribution in [-0.4, -0.2) is 17.4 Å². The molecule has 0 bridgehead atoms. The number of hydrogen-bond donors (Lipinski definition) is 0. The Hall–Kier alpha value is -3.36. The lowest BCUT2D eigenvalue weighted by Gasteiger charge is -2.24. The predicted octanol–water partition coefficient (Wildman–Crippen LogP) is 6.80. The minimum atomic E-state index is 0.0800. The zero-order chi connectivity index (χ0) is 21.9. The molecule has 158 valence electrons. The zero-order valence-corrected chi connectivity index (χ0v) is 18.6. The highest BCUT2D eigenvalue weighted by atomic mass is 35.5. The number of rotatable bonds is 6. The summed E-state index contributed by atoms with van der Waals surface area (Å²) in [6.07, 6.45) is 1.66. The van der Waals surface area contributed by atoms with Gasteiger partial charge in [0, 0.05) is 23.7 Å². The number of halogens is 1. The zero-order valence-electron chi connectivity index (χ0n) is 17.8. The molecule has 5 rings (SSSR count). The number of nitrogens with zero attached hydrogens (tertiary/aromatic N) is 1. The highest BCUT2D eigenvalue weighted by Crippen LogP contribution is 2.39. The molecular formula is C29H24ClNO. The molecule has 0 saturated carbocycles. The van der Waals surface area contributed by atoms with E-state index in [4.69, 9.17) is 11.6 Å². The Bertz CT molecular complexity index is 1250. The fourth-order valence-corrected chi connectivity index (χ4v) is 4.63. The predicted molar refractivity (Wildman–Crippen MR) is 131 cm³/mol. The Morgan fingerprint density at radius 1 is 0.750 bits per heavy atom. The van der Waals surface area contributed by atoms with Gasteiger partial charge in [-0.3, -0.25) is 4.79 Å². The molecule has 0 fully saturated rings. The molecule has 2 nitrogen and oxygen atoms in total. The first-order valence-corrected chi connectivity index (χ1v) is 11.3. The maximum Gasteiger partial charge on any atom is 0.254 e. The van der Waals surface area contributed by atoms with E-state index in [1.165, 1.54) is 22.3 Å². The fraction of sp³-hybridized carbons (Fsp3) is 0.138. The van der Waals surface area contributed by atoms with E-state index in [2.05, 4.69) is 42.5 Å². The Labute approximate surface area is 194 Å². The SMILES string of the molecule is O=C(c1cccc2c1-c1ccccc1C2)N(CCc1ccc(Cl)cc1)Cc1ccccc1. The lowest BCUT2D eigenvalue weighted by Crippen LogP contribution is -2.33. The Balaban J connectivity index is 1.47. The number of benzene rings is 4. The molecule has 0 aliphatic heterocycles. The van der Waals surface area contributed by atoms with Crippen molar-refractivity contribution < 1.29 is 4.79 Å². The van der Waals surface area contributed by atoms with Gasteiger partial charge in [-0.25, -0.2) is 0 Å². The molecule has 3 heteroatoms. The topological polar surface area (TPSA) is 20.3 Å². The second-order valence-electron chi connectivity index (χ2n) is 8.26. The van der Waals surface area contributed by atoms with Crippen LogP contribution >= 0.6 is 11.6 Å². The van der Waals surface area contributed by atoms with Crippen LogP contribution in [0.2, 0.25) is 5.02 Å². The molecule has 4 aromatic carbocycles. The second kappa shape index (κ2) is 9.02. The first-order chi connectivity index (χ1) is 15.7. The third-order valence-corrected chi connectivity index (χ3v) is 6.39. The summed E-state index contributed by atoms with van der Waals surface area (Å²) in [7, 11) is 0. The Morgan fingerprint density at radius 3 is 2.28 bits per heavy atom. The van der Waals surface area contributed by atoms with Crippen LogP contribution in [0, 0.1) is 0 Å². The van der Waals surface area contributed by atoms with Gasteiger partial charge < -0.3 is 4.90 Å². The molecule has 0 aromatic heterocycles. The Morgan fingerprint density at radius 2 is 1.47 bits per heavy atom. The lowest BCUT2D eigenvalue weighted by atomic mass is 9.98. The molecule has 1 amide bonds. The highest BCUT2D eigenvalue weighted by molar-refractivity contribution is 6.30. The fourth-order valence-electron chi connectivity index (χ4n) is 4.51. The maximum atomic E-state index is 13.9. The van der Waals surface area contributed by atoms with Crippen LogP contribution in [0.5, 0.6) is 0 Å². The maximum absolute atomic E-state index is 13.9. The van der Waals surface area contributed by atoms with Gasteiger partial charge >= 0.3 is 0 Å². The molecule has 0 spiro atoms. The summed E-state index contributed by atoms with van der Waals surface area (Å²) >= 11 is 6.04. The van der Waals surface area contributed by atoms with E-state index in [9.17, 15) is 4.79 Å². The van der Waals surface area contributed by atoms with Crippen molar-refractivity contribution in [3.63, 3.8) is 0 Å². The molecule has 1 aliphatic carbocycles. The summed E-state index contributed by atoms with van der Waals surface area (Å²) in [5.74, 6) is 0.0800. The van der Waals surface area contributed by atoms with Gasteiger partial charge in [-0.1, -0.05) is 90.5 Å². The summed E-state index contributed by atoms with van der Waals surface area (Å²) in [6, 6.07) is 32.6. The molecule has 32 heavy (non-hydrogen) atoms. The van der Waals surface area contributed by atoms with Crippen molar-refractivity contribution in [2.24, 2.45) is 0 Å². The van der Waals surface area contributed by atoms with E-state index in [1.54, 1.807) is 0 Å². The number of carbonyl (C=O) groups is 1. The number of fused-ring (bicyclic) bond motifs is 3. The van der Waals surface area contributed by atoms with Crippen LogP contribution < -0.4 is 0 Å². The first kappa shape index (κ1) is 20.5. The van der Waals surface area contributed by atoms with Gasteiger partial charge in [0.05, 0.1) is 0 Å². The van der Waals surface area contributed by atoms with Crippen LogP contribution in [0.4, 0.5) is 0 Å². The molecule has 0 N–H and O–H groups in total. The van der Waals surface area contributed by atoms with Gasteiger partial charge in [-0.05, 0) is 64.4 Å². The van der Waals surface area contributed by atoms with Gasteiger partial charge in [-0.2, -0.15) is 0 Å². The minimum absolute atomic E-state index is 0.0800. The molecule has 0 atom stereocenters. The lowest BCUT2D eigenvalue weighted by molar-refractivity contribution is 0.0746. The van der Waals surface area contributed by atoms with Crippen molar-refractivity contribution >= 4 is 17.5 Å². The summed E-state index contributed by atoms with van der Waals surface area (Å²) in [5.41, 5.74) is 7.89. The van der Waals surface area contributed by atoms with Crippen molar-refractivity contribution in [1.29, 1.82) is 0 Å². The van der Waals surface area contributed by atoms with E-state index >= 15 is 0 Å². The minimum Gasteiger partial charge on any atom is -0.334 e. The average Bonchev–Trinajstić information content (AvgIpc) is 3.22. The molecule has 0 saturated heterocycles. The van der Waals surface area contributed by atoms with Crippen LogP contribution in [0.3, 0.4) is 0 Å². The third kappa shape index (κ3) is 4.19. The monoisotopic (exact) mass is 437 g/mol. The van der Waals surface area contributed by atoms with Gasteiger partial charge in [0.2, 0.25) is 0 Å². The summed E-state index contributed by atoms with van der Waals surface area (Å²) < 4.78 is 0. The van der Waals surface area contributed by atoms with Crippen LogP contribution in [0.15, 0.2) is 97.1 Å². The smallest absolute Gasteiger partial charge is 0.254 e. The van der Waals surface area contributed by atoms with Gasteiger partial charge in [0.25, 0.3) is 5.91 Å². The standard InChI is InChI=1S/C29H24ClNO/c30-25-15-13-21(14-16-25)17-18-31(20-22-7-2-1-3-8-22)29(32)27-12-6-10-24-19-23-9-4-5-11-26(23)28(24)27/h1-16H,17-20H2. The van der Waals surface area contributed by atoms with Crippen LogP contribution in [0.25, 0.3) is 11.1 Å². The van der Waals surface area contributed by atoms with Crippen LogP contribution in [-0.2, 0) is 19.4 Å². The second-order valence-corrected chi connectivity index (χ2v) is 8.70.